The van der Waals surface area contributed by atoms with Crippen molar-refractivity contribution in [3.05, 3.63) is 65.0 Å². The monoisotopic (exact) mass is 306 g/mol. The first-order valence-corrected chi connectivity index (χ1v) is 7.84. The summed E-state index contributed by atoms with van der Waals surface area (Å²) in [6.07, 6.45) is 0.889. The number of hydrogen-bond donors (Lipinski definition) is 3. The van der Waals surface area contributed by atoms with Gasteiger partial charge in [0.05, 0.1) is 0 Å². The van der Waals surface area contributed by atoms with E-state index >= 15 is 0 Å². The van der Waals surface area contributed by atoms with Crippen LogP contribution in [0.3, 0.4) is 0 Å². The summed E-state index contributed by atoms with van der Waals surface area (Å²) < 4.78 is 0. The standard InChI is InChI=1S/C18H18N4O/c23-18(17-15-11-19-8-7-16(15)21-22-17)20-10-12-5-6-13-3-1-2-4-14(13)9-12/h1-6,9,19H,7-8,10-11H2,(H,20,23)(H,21,22). The van der Waals surface area contributed by atoms with Gasteiger partial charge in [-0.25, -0.2) is 0 Å². The molecule has 4 rings (SSSR count). The zero-order valence-electron chi connectivity index (χ0n) is 12.7. The first kappa shape index (κ1) is 14.0. The van der Waals surface area contributed by atoms with Crippen LogP contribution < -0.4 is 10.6 Å². The number of fused-ring (bicyclic) bond motifs is 2. The molecule has 3 aromatic rings. The van der Waals surface area contributed by atoms with Crippen molar-refractivity contribution in [3.63, 3.8) is 0 Å². The van der Waals surface area contributed by atoms with Crippen molar-refractivity contribution in [2.75, 3.05) is 6.54 Å². The second-order valence-electron chi connectivity index (χ2n) is 5.82. The van der Waals surface area contributed by atoms with E-state index in [0.29, 0.717) is 18.8 Å². The molecule has 2 aromatic carbocycles. The molecule has 5 heteroatoms. The van der Waals surface area contributed by atoms with E-state index in [0.717, 1.165) is 29.8 Å². The Kier molecular flexibility index (Phi) is 3.55. The third kappa shape index (κ3) is 2.71. The summed E-state index contributed by atoms with van der Waals surface area (Å²) in [6, 6.07) is 14.4. The molecule has 0 aliphatic carbocycles. The molecule has 1 aromatic heterocycles. The van der Waals surface area contributed by atoms with Gasteiger partial charge in [-0.3, -0.25) is 9.89 Å². The highest BCUT2D eigenvalue weighted by Gasteiger charge is 2.21. The SMILES string of the molecule is O=C(NCc1ccc2ccccc2c1)c1n[nH]c2c1CNCC2. The smallest absolute Gasteiger partial charge is 0.272 e. The van der Waals surface area contributed by atoms with Gasteiger partial charge in [-0.05, 0) is 22.4 Å². The molecule has 0 bridgehead atoms. The third-order valence-electron chi connectivity index (χ3n) is 4.29. The lowest BCUT2D eigenvalue weighted by atomic mass is 10.1. The Labute approximate surface area is 134 Å². The maximum absolute atomic E-state index is 12.4. The maximum Gasteiger partial charge on any atom is 0.272 e. The molecule has 0 spiro atoms. The zero-order chi connectivity index (χ0) is 15.6. The van der Waals surface area contributed by atoms with Crippen LogP contribution >= 0.6 is 0 Å². The predicted molar refractivity (Wildman–Crippen MR) is 89.1 cm³/mol. The zero-order valence-corrected chi connectivity index (χ0v) is 12.7. The highest BCUT2D eigenvalue weighted by atomic mass is 16.1. The molecular formula is C18H18N4O. The lowest BCUT2D eigenvalue weighted by molar-refractivity contribution is 0.0944. The van der Waals surface area contributed by atoms with E-state index in [2.05, 4.69) is 45.1 Å². The van der Waals surface area contributed by atoms with Crippen molar-refractivity contribution in [2.45, 2.75) is 19.5 Å². The van der Waals surface area contributed by atoms with Crippen LogP contribution in [0.4, 0.5) is 0 Å². The average molecular weight is 306 g/mol. The van der Waals surface area contributed by atoms with E-state index in [1.165, 1.54) is 10.8 Å². The lowest BCUT2D eigenvalue weighted by Crippen LogP contribution is -2.28. The second kappa shape index (κ2) is 5.85. The van der Waals surface area contributed by atoms with Crippen LogP contribution in [0.15, 0.2) is 42.5 Å². The van der Waals surface area contributed by atoms with E-state index in [9.17, 15) is 4.79 Å². The van der Waals surface area contributed by atoms with Crippen LogP contribution in [0.1, 0.15) is 27.3 Å². The van der Waals surface area contributed by atoms with Gasteiger partial charge in [-0.1, -0.05) is 36.4 Å². The molecule has 0 radical (unpaired) electrons. The molecule has 1 aliphatic heterocycles. The lowest BCUT2D eigenvalue weighted by Gasteiger charge is -2.13. The fourth-order valence-electron chi connectivity index (χ4n) is 3.03. The molecule has 0 saturated heterocycles. The molecule has 1 amide bonds. The van der Waals surface area contributed by atoms with Crippen molar-refractivity contribution < 1.29 is 4.79 Å². The van der Waals surface area contributed by atoms with Crippen LogP contribution in [0.5, 0.6) is 0 Å². The summed E-state index contributed by atoms with van der Waals surface area (Å²) in [5.74, 6) is -0.126. The second-order valence-corrected chi connectivity index (χ2v) is 5.82. The normalized spacial score (nSPS) is 13.7. The number of H-pyrrole nitrogens is 1. The third-order valence-corrected chi connectivity index (χ3v) is 4.29. The molecule has 2 heterocycles. The number of rotatable bonds is 3. The van der Waals surface area contributed by atoms with Gasteiger partial charge in [-0.2, -0.15) is 5.10 Å². The average Bonchev–Trinajstić information content (AvgIpc) is 3.03. The van der Waals surface area contributed by atoms with Gasteiger partial charge in [0.1, 0.15) is 0 Å². The fourth-order valence-corrected chi connectivity index (χ4v) is 3.03. The minimum absolute atomic E-state index is 0.126. The van der Waals surface area contributed by atoms with Gasteiger partial charge in [0, 0.05) is 37.3 Å². The summed E-state index contributed by atoms with van der Waals surface area (Å²) in [4.78, 5) is 12.4. The van der Waals surface area contributed by atoms with E-state index in [1.54, 1.807) is 0 Å². The topological polar surface area (TPSA) is 69.8 Å². The highest BCUT2D eigenvalue weighted by Crippen LogP contribution is 2.17. The van der Waals surface area contributed by atoms with E-state index in [4.69, 9.17) is 0 Å². The summed E-state index contributed by atoms with van der Waals surface area (Å²) in [6.45, 7) is 2.12. The van der Waals surface area contributed by atoms with Crippen LogP contribution in [0.2, 0.25) is 0 Å². The van der Waals surface area contributed by atoms with Gasteiger partial charge in [-0.15, -0.1) is 0 Å². The quantitative estimate of drug-likeness (QED) is 0.694. The molecule has 0 fully saturated rings. The Balaban J connectivity index is 1.49. The van der Waals surface area contributed by atoms with Crippen molar-refractivity contribution in [1.82, 2.24) is 20.8 Å². The van der Waals surface area contributed by atoms with Gasteiger partial charge < -0.3 is 10.6 Å². The maximum atomic E-state index is 12.4. The number of benzene rings is 2. The number of nitrogens with one attached hydrogen (secondary N) is 3. The van der Waals surface area contributed by atoms with Gasteiger partial charge >= 0.3 is 0 Å². The number of aromatic amines is 1. The molecule has 0 saturated carbocycles. The number of amides is 1. The molecule has 0 atom stereocenters. The van der Waals surface area contributed by atoms with Crippen LogP contribution in [0, 0.1) is 0 Å². The van der Waals surface area contributed by atoms with E-state index in [1.807, 2.05) is 18.2 Å². The summed E-state index contributed by atoms with van der Waals surface area (Å²) >= 11 is 0. The summed E-state index contributed by atoms with van der Waals surface area (Å²) in [7, 11) is 0. The van der Waals surface area contributed by atoms with Crippen LogP contribution in [0.25, 0.3) is 10.8 Å². The van der Waals surface area contributed by atoms with E-state index in [-0.39, 0.29) is 5.91 Å². The van der Waals surface area contributed by atoms with Crippen molar-refractivity contribution in [1.29, 1.82) is 0 Å². The van der Waals surface area contributed by atoms with Crippen molar-refractivity contribution in [2.24, 2.45) is 0 Å². The largest absolute Gasteiger partial charge is 0.347 e. The van der Waals surface area contributed by atoms with Crippen molar-refractivity contribution >= 4 is 16.7 Å². The number of carbonyl (C=O) groups is 1. The minimum Gasteiger partial charge on any atom is -0.347 e. The first-order chi connectivity index (χ1) is 11.3. The molecule has 3 N–H and O–H groups in total. The molecule has 0 unspecified atom stereocenters. The number of nitrogens with zero attached hydrogens (tertiary/aromatic N) is 1. The Morgan fingerprint density at radius 3 is 2.96 bits per heavy atom. The molecular weight excluding hydrogens is 288 g/mol. The van der Waals surface area contributed by atoms with E-state index < -0.39 is 0 Å². The van der Waals surface area contributed by atoms with Crippen LogP contribution in [-0.2, 0) is 19.5 Å². The van der Waals surface area contributed by atoms with Gasteiger partial charge in [0.15, 0.2) is 5.69 Å². The van der Waals surface area contributed by atoms with Gasteiger partial charge in [0.2, 0.25) is 0 Å². The molecule has 1 aliphatic rings. The Morgan fingerprint density at radius 1 is 1.17 bits per heavy atom. The predicted octanol–water partition coefficient (Wildman–Crippen LogP) is 2.14. The number of aromatic nitrogens is 2. The van der Waals surface area contributed by atoms with Crippen LogP contribution in [-0.4, -0.2) is 22.6 Å². The Bertz CT molecular complexity index is 868. The number of carbonyl (C=O) groups excluding carboxylic acids is 1. The summed E-state index contributed by atoms with van der Waals surface area (Å²) in [5.41, 5.74) is 3.65. The fraction of sp³-hybridized carbons (Fsp3) is 0.222. The Morgan fingerprint density at radius 2 is 2.04 bits per heavy atom. The number of hydrogen-bond acceptors (Lipinski definition) is 3. The molecule has 23 heavy (non-hydrogen) atoms. The molecule has 116 valence electrons. The Hall–Kier alpha value is -2.66. The first-order valence-electron chi connectivity index (χ1n) is 7.84. The van der Waals surface area contributed by atoms with Crippen molar-refractivity contribution in [3.8, 4) is 0 Å². The highest BCUT2D eigenvalue weighted by molar-refractivity contribution is 5.94. The van der Waals surface area contributed by atoms with Gasteiger partial charge in [0.25, 0.3) is 5.91 Å². The molecule has 5 nitrogen and oxygen atoms in total. The minimum atomic E-state index is -0.126. The summed E-state index contributed by atoms with van der Waals surface area (Å²) in [5, 5.41) is 15.8.